The molecule has 0 radical (unpaired) electrons. The average molecular weight is 392 g/mol. The number of rotatable bonds is 12. The molecule has 4 heteroatoms. The number of aliphatic hydroxyl groups is 1. The summed E-state index contributed by atoms with van der Waals surface area (Å²) in [6.07, 6.45) is 0.856. The predicted octanol–water partition coefficient (Wildman–Crippen LogP) is 4.75. The van der Waals surface area contributed by atoms with E-state index in [1.54, 1.807) is 0 Å². The molecular formula is C25H28O4. The smallest absolute Gasteiger partial charge is 0.202 e. The van der Waals surface area contributed by atoms with Gasteiger partial charge in [0.1, 0.15) is 5.75 Å². The summed E-state index contributed by atoms with van der Waals surface area (Å²) >= 11 is 0. The highest BCUT2D eigenvalue weighted by Crippen LogP contribution is 2.17. The van der Waals surface area contributed by atoms with Crippen LogP contribution in [0.3, 0.4) is 0 Å². The lowest BCUT2D eigenvalue weighted by Crippen LogP contribution is -2.22. The van der Waals surface area contributed by atoms with Crippen LogP contribution >= 0.6 is 0 Å². The van der Waals surface area contributed by atoms with Crippen LogP contribution in [-0.4, -0.2) is 24.6 Å². The van der Waals surface area contributed by atoms with Crippen molar-refractivity contribution in [1.29, 1.82) is 0 Å². The summed E-state index contributed by atoms with van der Waals surface area (Å²) in [5.41, 5.74) is 3.33. The third kappa shape index (κ3) is 7.70. The van der Waals surface area contributed by atoms with Gasteiger partial charge < -0.3 is 19.3 Å². The van der Waals surface area contributed by atoms with E-state index < -0.39 is 6.29 Å². The molecule has 0 heterocycles. The number of hydrogen-bond donors (Lipinski definition) is 1. The van der Waals surface area contributed by atoms with Crippen molar-refractivity contribution in [2.75, 3.05) is 13.2 Å². The molecule has 0 aliphatic heterocycles. The van der Waals surface area contributed by atoms with Crippen molar-refractivity contribution in [3.63, 3.8) is 0 Å². The van der Waals surface area contributed by atoms with Gasteiger partial charge in [-0.25, -0.2) is 0 Å². The zero-order valence-electron chi connectivity index (χ0n) is 16.6. The van der Waals surface area contributed by atoms with Crippen molar-refractivity contribution in [3.8, 4) is 5.75 Å². The van der Waals surface area contributed by atoms with E-state index in [4.69, 9.17) is 19.3 Å². The zero-order chi connectivity index (χ0) is 20.2. The van der Waals surface area contributed by atoms with Crippen molar-refractivity contribution in [1.82, 2.24) is 0 Å². The maximum atomic E-state index is 9.05. The molecule has 0 amide bonds. The summed E-state index contributed by atoms with van der Waals surface area (Å²) in [6, 6.07) is 27.9. The molecule has 3 rings (SSSR count). The van der Waals surface area contributed by atoms with Gasteiger partial charge >= 0.3 is 0 Å². The molecule has 0 saturated heterocycles. The Balaban J connectivity index is 1.53. The fourth-order valence-electron chi connectivity index (χ4n) is 2.90. The Bertz CT molecular complexity index is 803. The maximum Gasteiger partial charge on any atom is 0.202 e. The van der Waals surface area contributed by atoms with E-state index in [0.29, 0.717) is 32.7 Å². The van der Waals surface area contributed by atoms with Gasteiger partial charge in [0.05, 0.1) is 19.8 Å². The summed E-state index contributed by atoms with van der Waals surface area (Å²) in [5, 5.41) is 9.05. The van der Waals surface area contributed by atoms with Crippen LogP contribution in [0.2, 0.25) is 0 Å². The Morgan fingerprint density at radius 1 is 0.690 bits per heavy atom. The minimum Gasteiger partial charge on any atom is -0.465 e. The molecule has 1 unspecified atom stereocenters. The first kappa shape index (κ1) is 21.1. The van der Waals surface area contributed by atoms with E-state index in [9.17, 15) is 0 Å². The van der Waals surface area contributed by atoms with Gasteiger partial charge in [0.15, 0.2) is 0 Å². The lowest BCUT2D eigenvalue weighted by atomic mass is 10.1. The van der Waals surface area contributed by atoms with Crippen LogP contribution in [0.1, 0.15) is 23.1 Å². The minimum atomic E-state index is -0.408. The van der Waals surface area contributed by atoms with Crippen molar-refractivity contribution in [3.05, 3.63) is 102 Å². The zero-order valence-corrected chi connectivity index (χ0v) is 16.6. The molecule has 3 aromatic rings. The topological polar surface area (TPSA) is 47.9 Å². The van der Waals surface area contributed by atoms with E-state index in [1.165, 1.54) is 0 Å². The van der Waals surface area contributed by atoms with E-state index in [2.05, 4.69) is 0 Å². The molecule has 4 nitrogen and oxygen atoms in total. The predicted molar refractivity (Wildman–Crippen MR) is 114 cm³/mol. The van der Waals surface area contributed by atoms with Crippen LogP contribution < -0.4 is 4.74 Å². The van der Waals surface area contributed by atoms with Gasteiger partial charge in [0.2, 0.25) is 6.29 Å². The molecule has 0 aliphatic carbocycles. The summed E-state index contributed by atoms with van der Waals surface area (Å²) in [4.78, 5) is 0. The normalized spacial score (nSPS) is 11.9. The first-order valence-corrected chi connectivity index (χ1v) is 9.97. The molecule has 0 spiro atoms. The highest BCUT2D eigenvalue weighted by Gasteiger charge is 2.12. The molecule has 1 atom stereocenters. The number of benzene rings is 3. The highest BCUT2D eigenvalue weighted by molar-refractivity contribution is 5.27. The monoisotopic (exact) mass is 392 g/mol. The number of hydrogen-bond acceptors (Lipinski definition) is 4. The van der Waals surface area contributed by atoms with Gasteiger partial charge in [0.25, 0.3) is 0 Å². The molecular weight excluding hydrogens is 364 g/mol. The summed E-state index contributed by atoms with van der Waals surface area (Å²) in [5.74, 6) is 0.743. The summed E-state index contributed by atoms with van der Waals surface area (Å²) < 4.78 is 17.9. The summed E-state index contributed by atoms with van der Waals surface area (Å²) in [6.45, 7) is 1.73. The van der Waals surface area contributed by atoms with Crippen molar-refractivity contribution in [2.45, 2.75) is 32.3 Å². The molecule has 29 heavy (non-hydrogen) atoms. The van der Waals surface area contributed by atoms with Crippen LogP contribution in [0, 0.1) is 0 Å². The maximum absolute atomic E-state index is 9.05. The largest absolute Gasteiger partial charge is 0.465 e. The molecule has 0 fully saturated rings. The SMILES string of the molecule is OCCc1ccc(OC(CCOCc2ccccc2)OCc2ccccc2)cc1. The molecule has 0 saturated carbocycles. The van der Waals surface area contributed by atoms with E-state index in [-0.39, 0.29) is 6.61 Å². The summed E-state index contributed by atoms with van der Waals surface area (Å²) in [7, 11) is 0. The first-order valence-electron chi connectivity index (χ1n) is 9.97. The first-order chi connectivity index (χ1) is 14.3. The fourth-order valence-corrected chi connectivity index (χ4v) is 2.90. The lowest BCUT2D eigenvalue weighted by molar-refractivity contribution is -0.104. The van der Waals surface area contributed by atoms with Crippen molar-refractivity contribution >= 4 is 0 Å². The van der Waals surface area contributed by atoms with E-state index >= 15 is 0 Å². The molecule has 3 aromatic carbocycles. The lowest BCUT2D eigenvalue weighted by Gasteiger charge is -2.20. The molecule has 0 bridgehead atoms. The second-order valence-corrected chi connectivity index (χ2v) is 6.79. The third-order valence-electron chi connectivity index (χ3n) is 4.48. The Hall–Kier alpha value is -2.66. The Morgan fingerprint density at radius 2 is 1.31 bits per heavy atom. The molecule has 152 valence electrons. The quantitative estimate of drug-likeness (QED) is 0.357. The molecule has 1 N–H and O–H groups in total. The van der Waals surface area contributed by atoms with Crippen LogP contribution in [0.25, 0.3) is 0 Å². The van der Waals surface area contributed by atoms with Crippen LogP contribution in [0.5, 0.6) is 5.75 Å². The van der Waals surface area contributed by atoms with Crippen LogP contribution in [-0.2, 0) is 29.1 Å². The van der Waals surface area contributed by atoms with E-state index in [0.717, 1.165) is 22.4 Å². The van der Waals surface area contributed by atoms with Crippen LogP contribution in [0.4, 0.5) is 0 Å². The van der Waals surface area contributed by atoms with Gasteiger partial charge in [-0.2, -0.15) is 0 Å². The van der Waals surface area contributed by atoms with Crippen molar-refractivity contribution in [2.24, 2.45) is 0 Å². The standard InChI is InChI=1S/C25H28O4/c26-17-15-21-11-13-24(14-12-21)29-25(28-20-23-9-5-2-6-10-23)16-18-27-19-22-7-3-1-4-8-22/h1-14,25-26H,15-20H2. The van der Waals surface area contributed by atoms with Gasteiger partial charge in [-0.05, 0) is 35.2 Å². The van der Waals surface area contributed by atoms with Crippen LogP contribution in [0.15, 0.2) is 84.9 Å². The third-order valence-corrected chi connectivity index (χ3v) is 4.48. The Kier molecular flexibility index (Phi) is 8.73. The van der Waals surface area contributed by atoms with Gasteiger partial charge in [-0.3, -0.25) is 0 Å². The highest BCUT2D eigenvalue weighted by atomic mass is 16.7. The van der Waals surface area contributed by atoms with Gasteiger partial charge in [-0.15, -0.1) is 0 Å². The average Bonchev–Trinajstić information content (AvgIpc) is 2.78. The van der Waals surface area contributed by atoms with E-state index in [1.807, 2.05) is 84.9 Å². The fraction of sp³-hybridized carbons (Fsp3) is 0.280. The Labute approximate surface area is 172 Å². The molecule has 0 aromatic heterocycles. The second-order valence-electron chi connectivity index (χ2n) is 6.79. The number of aliphatic hydroxyl groups excluding tert-OH is 1. The second kappa shape index (κ2) is 12.0. The Morgan fingerprint density at radius 3 is 1.93 bits per heavy atom. The minimum absolute atomic E-state index is 0.141. The number of ether oxygens (including phenoxy) is 3. The van der Waals surface area contributed by atoms with Gasteiger partial charge in [0, 0.05) is 13.0 Å². The van der Waals surface area contributed by atoms with Crippen molar-refractivity contribution < 1.29 is 19.3 Å². The molecule has 0 aliphatic rings. The van der Waals surface area contributed by atoms with Gasteiger partial charge in [-0.1, -0.05) is 72.8 Å².